The van der Waals surface area contributed by atoms with E-state index in [4.69, 9.17) is 0 Å². The zero-order valence-corrected chi connectivity index (χ0v) is 19.5. The normalized spacial score (nSPS) is 11.6. The average Bonchev–Trinajstić information content (AvgIpc) is 2.80. The van der Waals surface area contributed by atoms with Gasteiger partial charge in [0.15, 0.2) is 35.6 Å². The van der Waals surface area contributed by atoms with Gasteiger partial charge in [-0.3, -0.25) is 0 Å². The van der Waals surface area contributed by atoms with Crippen molar-refractivity contribution in [3.05, 3.63) is 107 Å². The average molecular weight is 560 g/mol. The molecule has 4 aromatic carbocycles. The Hall–Kier alpha value is -4.22. The summed E-state index contributed by atoms with van der Waals surface area (Å²) in [7, 11) is 0. The second-order valence-corrected chi connectivity index (χ2v) is 8.29. The SMILES string of the molecule is Cc1cc(F)c(-c2cc(F)c(-c3ccc(OCC(F)(F)Oc4cc(F)c(F)c(F)c4)c(F)c3)c(F)c2)c(F)c1. The molecule has 0 bridgehead atoms. The van der Waals surface area contributed by atoms with Crippen LogP contribution in [0.1, 0.15) is 5.56 Å². The van der Waals surface area contributed by atoms with Gasteiger partial charge >= 0.3 is 6.11 Å². The minimum atomic E-state index is -4.27. The molecule has 12 heteroatoms. The Kier molecular flexibility index (Phi) is 7.49. The number of ether oxygens (including phenoxy) is 2. The van der Waals surface area contributed by atoms with E-state index in [0.717, 1.165) is 24.3 Å². The van der Waals surface area contributed by atoms with Gasteiger partial charge in [-0.05, 0) is 60.0 Å². The quantitative estimate of drug-likeness (QED) is 0.167. The van der Waals surface area contributed by atoms with Crippen LogP contribution in [-0.2, 0) is 0 Å². The van der Waals surface area contributed by atoms with Crippen LogP contribution in [0.2, 0.25) is 0 Å². The number of benzene rings is 4. The lowest BCUT2D eigenvalue weighted by atomic mass is 9.97. The molecule has 0 spiro atoms. The molecule has 0 atom stereocenters. The first kappa shape index (κ1) is 27.8. The third kappa shape index (κ3) is 5.94. The predicted octanol–water partition coefficient (Wildman–Crippen LogP) is 8.49. The van der Waals surface area contributed by atoms with E-state index < -0.39 is 93.0 Å². The summed E-state index contributed by atoms with van der Waals surface area (Å²) in [4.78, 5) is 0. The molecule has 0 aliphatic rings. The smallest absolute Gasteiger partial charge is 0.433 e. The molecule has 39 heavy (non-hydrogen) atoms. The van der Waals surface area contributed by atoms with Crippen molar-refractivity contribution in [3.63, 3.8) is 0 Å². The van der Waals surface area contributed by atoms with E-state index in [-0.39, 0.29) is 17.7 Å². The molecule has 4 aromatic rings. The predicted molar refractivity (Wildman–Crippen MR) is 119 cm³/mol. The van der Waals surface area contributed by atoms with Crippen molar-refractivity contribution in [1.82, 2.24) is 0 Å². The molecule has 204 valence electrons. The molecule has 0 aliphatic heterocycles. The van der Waals surface area contributed by atoms with Crippen molar-refractivity contribution < 1.29 is 53.4 Å². The van der Waals surface area contributed by atoms with Crippen LogP contribution in [-0.4, -0.2) is 12.7 Å². The highest BCUT2D eigenvalue weighted by Crippen LogP contribution is 2.35. The molecule has 0 saturated heterocycles. The first-order valence-corrected chi connectivity index (χ1v) is 10.8. The van der Waals surface area contributed by atoms with Crippen molar-refractivity contribution in [2.45, 2.75) is 13.0 Å². The summed E-state index contributed by atoms with van der Waals surface area (Å²) >= 11 is 0. The third-order valence-electron chi connectivity index (χ3n) is 5.36. The Morgan fingerprint density at radius 1 is 0.590 bits per heavy atom. The molecule has 0 heterocycles. The summed E-state index contributed by atoms with van der Waals surface area (Å²) in [6.45, 7) is -0.251. The van der Waals surface area contributed by atoms with E-state index >= 15 is 0 Å². The van der Waals surface area contributed by atoms with Crippen LogP contribution in [0.25, 0.3) is 22.3 Å². The van der Waals surface area contributed by atoms with Crippen LogP contribution in [0.4, 0.5) is 43.9 Å². The highest BCUT2D eigenvalue weighted by Gasteiger charge is 2.34. The maximum atomic E-state index is 14.8. The van der Waals surface area contributed by atoms with Crippen molar-refractivity contribution in [2.24, 2.45) is 0 Å². The van der Waals surface area contributed by atoms with Gasteiger partial charge in [-0.25, -0.2) is 35.1 Å². The van der Waals surface area contributed by atoms with E-state index in [9.17, 15) is 43.9 Å². The molecule has 0 N–H and O–H groups in total. The number of hydrogen-bond acceptors (Lipinski definition) is 2. The van der Waals surface area contributed by atoms with Crippen LogP contribution >= 0.6 is 0 Å². The molecule has 0 fully saturated rings. The Labute approximate surface area is 214 Å². The summed E-state index contributed by atoms with van der Waals surface area (Å²) < 4.78 is 149. The monoisotopic (exact) mass is 560 g/mol. The minimum absolute atomic E-state index is 0.164. The van der Waals surface area contributed by atoms with Gasteiger partial charge in [0.05, 0.1) is 11.1 Å². The summed E-state index contributed by atoms with van der Waals surface area (Å²) in [5, 5.41) is 0. The number of alkyl halides is 2. The fraction of sp³-hybridized carbons (Fsp3) is 0.111. The maximum Gasteiger partial charge on any atom is 0.433 e. The topological polar surface area (TPSA) is 18.5 Å². The molecule has 0 unspecified atom stereocenters. The molecule has 0 aromatic heterocycles. The van der Waals surface area contributed by atoms with E-state index in [1.54, 1.807) is 0 Å². The summed E-state index contributed by atoms with van der Waals surface area (Å²) in [5.41, 5.74) is -2.05. The van der Waals surface area contributed by atoms with E-state index in [2.05, 4.69) is 9.47 Å². The van der Waals surface area contributed by atoms with Gasteiger partial charge in [0.2, 0.25) is 0 Å². The van der Waals surface area contributed by atoms with Gasteiger partial charge in [-0.2, -0.15) is 8.78 Å². The molecular weight excluding hydrogens is 546 g/mol. The van der Waals surface area contributed by atoms with Crippen molar-refractivity contribution in [3.8, 4) is 33.8 Å². The van der Waals surface area contributed by atoms with Crippen molar-refractivity contribution in [2.75, 3.05) is 6.61 Å². The first-order chi connectivity index (χ1) is 18.3. The standard InChI is InChI=1S/C27H14F10O2/c1-12-4-17(29)25(18(30)5-12)14-7-19(31)24(20(32)8-14)13-2-3-23(16(28)6-13)38-11-27(36,37)39-15-9-21(33)26(35)22(34)10-15/h2-10H,11H2,1H3. The Morgan fingerprint density at radius 2 is 1.08 bits per heavy atom. The molecule has 2 nitrogen and oxygen atoms in total. The molecule has 0 amide bonds. The van der Waals surface area contributed by atoms with E-state index in [1.807, 2.05) is 0 Å². The molecule has 0 aliphatic carbocycles. The van der Waals surface area contributed by atoms with Crippen LogP contribution in [0.5, 0.6) is 11.5 Å². The van der Waals surface area contributed by atoms with Gasteiger partial charge in [-0.1, -0.05) is 6.07 Å². The fourth-order valence-corrected chi connectivity index (χ4v) is 3.70. The number of halogens is 10. The number of hydrogen-bond donors (Lipinski definition) is 0. The Balaban J connectivity index is 1.54. The van der Waals surface area contributed by atoms with Crippen LogP contribution < -0.4 is 9.47 Å². The van der Waals surface area contributed by atoms with Crippen molar-refractivity contribution >= 4 is 0 Å². The van der Waals surface area contributed by atoms with Crippen molar-refractivity contribution in [1.29, 1.82) is 0 Å². The largest absolute Gasteiger partial charge is 0.480 e. The van der Waals surface area contributed by atoms with Gasteiger partial charge < -0.3 is 9.47 Å². The lowest BCUT2D eigenvalue weighted by Gasteiger charge is -2.19. The third-order valence-corrected chi connectivity index (χ3v) is 5.36. The second kappa shape index (κ2) is 10.5. The molecular formula is C27H14F10O2. The zero-order chi connectivity index (χ0) is 28.6. The molecule has 0 radical (unpaired) electrons. The summed E-state index contributed by atoms with van der Waals surface area (Å²) in [6.07, 6.45) is -4.27. The Morgan fingerprint density at radius 3 is 1.62 bits per heavy atom. The lowest BCUT2D eigenvalue weighted by molar-refractivity contribution is -0.196. The Bertz CT molecular complexity index is 1500. The van der Waals surface area contributed by atoms with Gasteiger partial charge in [0, 0.05) is 12.1 Å². The van der Waals surface area contributed by atoms with Crippen LogP contribution in [0.3, 0.4) is 0 Å². The number of rotatable bonds is 7. The fourth-order valence-electron chi connectivity index (χ4n) is 3.70. The van der Waals surface area contributed by atoms with E-state index in [0.29, 0.717) is 18.2 Å². The highest BCUT2D eigenvalue weighted by molar-refractivity contribution is 5.73. The zero-order valence-electron chi connectivity index (χ0n) is 19.5. The van der Waals surface area contributed by atoms with Crippen LogP contribution in [0.15, 0.2) is 54.6 Å². The molecule has 4 rings (SSSR count). The second-order valence-electron chi connectivity index (χ2n) is 8.29. The van der Waals surface area contributed by atoms with Crippen LogP contribution in [0, 0.1) is 53.5 Å². The lowest BCUT2D eigenvalue weighted by Crippen LogP contribution is -2.32. The van der Waals surface area contributed by atoms with Gasteiger partial charge in [-0.15, -0.1) is 0 Å². The summed E-state index contributed by atoms with van der Waals surface area (Å²) in [5.74, 6) is -13.4. The highest BCUT2D eigenvalue weighted by atomic mass is 19.3. The molecule has 0 saturated carbocycles. The maximum absolute atomic E-state index is 14.8. The number of aryl methyl sites for hydroxylation is 1. The minimum Gasteiger partial charge on any atom is -0.480 e. The van der Waals surface area contributed by atoms with Gasteiger partial charge in [0.25, 0.3) is 0 Å². The summed E-state index contributed by atoms with van der Waals surface area (Å²) in [6, 6.07) is 5.83. The van der Waals surface area contributed by atoms with E-state index in [1.165, 1.54) is 6.92 Å². The van der Waals surface area contributed by atoms with Gasteiger partial charge in [0.1, 0.15) is 29.0 Å². The first-order valence-electron chi connectivity index (χ1n) is 10.8.